The maximum Gasteiger partial charge on any atom is 0.405 e. The number of hydrogen-bond donors (Lipinski definition) is 5. The summed E-state index contributed by atoms with van der Waals surface area (Å²) in [5.74, 6) is -0.810. The molecule has 0 aliphatic heterocycles. The van der Waals surface area contributed by atoms with Crippen molar-refractivity contribution in [3.8, 4) is 10.6 Å². The Bertz CT molecular complexity index is 1220. The van der Waals surface area contributed by atoms with Crippen molar-refractivity contribution in [3.05, 3.63) is 23.1 Å². The summed E-state index contributed by atoms with van der Waals surface area (Å²) < 4.78 is 39.1. The highest BCUT2D eigenvalue weighted by atomic mass is 32.1. The molecule has 3 aromatic rings. The Morgan fingerprint density at radius 2 is 1.88 bits per heavy atom. The van der Waals surface area contributed by atoms with Gasteiger partial charge in [0.25, 0.3) is 0 Å². The maximum absolute atomic E-state index is 12.8. The van der Waals surface area contributed by atoms with Gasteiger partial charge in [-0.3, -0.25) is 4.98 Å². The van der Waals surface area contributed by atoms with Gasteiger partial charge >= 0.3 is 6.18 Å². The molecule has 1 fully saturated rings. The fourth-order valence-electron chi connectivity index (χ4n) is 4.15. The summed E-state index contributed by atoms with van der Waals surface area (Å²) in [4.78, 5) is 17.5. The van der Waals surface area contributed by atoms with Gasteiger partial charge in [-0.2, -0.15) is 18.2 Å². The van der Waals surface area contributed by atoms with E-state index in [1.807, 2.05) is 19.9 Å². The lowest BCUT2D eigenvalue weighted by atomic mass is 10.0. The molecule has 1 aliphatic rings. The lowest BCUT2D eigenvalue weighted by Crippen LogP contribution is -2.48. The molecule has 34 heavy (non-hydrogen) atoms. The molecule has 0 bridgehead atoms. The van der Waals surface area contributed by atoms with Crippen LogP contribution in [0, 0.1) is 26.7 Å². The number of thiazole rings is 1. The Morgan fingerprint density at radius 1 is 1.15 bits per heavy atom. The molecule has 3 heterocycles. The molecule has 0 amide bonds. The van der Waals surface area contributed by atoms with E-state index in [1.54, 1.807) is 6.92 Å². The lowest BCUT2D eigenvalue weighted by Gasteiger charge is -2.31. The van der Waals surface area contributed by atoms with Crippen molar-refractivity contribution in [1.29, 1.82) is 0 Å². The van der Waals surface area contributed by atoms with Crippen LogP contribution in [0.4, 0.5) is 24.9 Å². The summed E-state index contributed by atoms with van der Waals surface area (Å²) in [6, 6.07) is 1.88. The topological polar surface area (TPSA) is 136 Å². The first-order valence-electron chi connectivity index (χ1n) is 10.6. The number of anilines is 2. The molecule has 13 heteroatoms. The third-order valence-corrected chi connectivity index (χ3v) is 6.85. The van der Waals surface area contributed by atoms with Crippen LogP contribution in [0.5, 0.6) is 0 Å². The summed E-state index contributed by atoms with van der Waals surface area (Å²) in [6.45, 7) is 3.65. The first kappa shape index (κ1) is 24.5. The minimum atomic E-state index is -4.48. The van der Waals surface area contributed by atoms with Crippen molar-refractivity contribution >= 4 is 33.3 Å². The smallest absolute Gasteiger partial charge is 0.396 e. The number of alkyl halides is 3. The van der Waals surface area contributed by atoms with E-state index in [1.165, 1.54) is 11.3 Å². The van der Waals surface area contributed by atoms with E-state index in [-0.39, 0.29) is 24.8 Å². The lowest BCUT2D eigenvalue weighted by molar-refractivity contribution is -0.115. The van der Waals surface area contributed by atoms with Crippen molar-refractivity contribution < 1.29 is 28.5 Å². The number of nitrogens with one attached hydrogen (secondary N) is 2. The monoisotopic (exact) mass is 498 g/mol. The molecule has 0 radical (unpaired) electrons. The Hall–Kier alpha value is -2.61. The number of fused-ring (bicyclic) bond motifs is 1. The van der Waals surface area contributed by atoms with Gasteiger partial charge in [-0.25, -0.2) is 9.97 Å². The zero-order valence-electron chi connectivity index (χ0n) is 18.7. The SMILES string of the molecule is Cc1cc2sc(-c3c(C)nc(NCC(F)(F)F)nc3NC3(O)CCC(CO)C3O)nc2c(C)n1. The van der Waals surface area contributed by atoms with E-state index in [0.29, 0.717) is 28.2 Å². The van der Waals surface area contributed by atoms with E-state index in [2.05, 4.69) is 30.6 Å². The average molecular weight is 499 g/mol. The second kappa shape index (κ2) is 8.87. The summed E-state index contributed by atoms with van der Waals surface area (Å²) >= 11 is 1.34. The van der Waals surface area contributed by atoms with Gasteiger partial charge in [0, 0.05) is 18.2 Å². The van der Waals surface area contributed by atoms with Crippen molar-refractivity contribution in [1.82, 2.24) is 19.9 Å². The molecule has 3 unspecified atom stereocenters. The van der Waals surface area contributed by atoms with Crippen LogP contribution in [0.1, 0.15) is 29.9 Å². The van der Waals surface area contributed by atoms with Crippen molar-refractivity contribution in [2.75, 3.05) is 23.8 Å². The van der Waals surface area contributed by atoms with Gasteiger partial charge in [-0.05, 0) is 39.7 Å². The van der Waals surface area contributed by atoms with Crippen molar-refractivity contribution in [2.24, 2.45) is 5.92 Å². The highest BCUT2D eigenvalue weighted by Crippen LogP contribution is 2.41. The highest BCUT2D eigenvalue weighted by molar-refractivity contribution is 7.21. The first-order chi connectivity index (χ1) is 15.9. The average Bonchev–Trinajstić information content (AvgIpc) is 3.27. The van der Waals surface area contributed by atoms with Crippen LogP contribution in [0.3, 0.4) is 0 Å². The number of rotatable bonds is 6. The molecule has 3 aromatic heterocycles. The fourth-order valence-corrected chi connectivity index (χ4v) is 5.36. The number of hydrogen-bond acceptors (Lipinski definition) is 10. The van der Waals surface area contributed by atoms with Gasteiger partial charge in [-0.15, -0.1) is 11.3 Å². The molecular weight excluding hydrogens is 473 g/mol. The largest absolute Gasteiger partial charge is 0.405 e. The molecular formula is C21H25F3N6O3S. The van der Waals surface area contributed by atoms with Crippen LogP contribution < -0.4 is 10.6 Å². The summed E-state index contributed by atoms with van der Waals surface area (Å²) in [5.41, 5.74) is 1.10. The molecule has 3 atom stereocenters. The number of nitrogens with zero attached hydrogens (tertiary/aromatic N) is 4. The minimum absolute atomic E-state index is 0.0266. The van der Waals surface area contributed by atoms with Gasteiger partial charge < -0.3 is 26.0 Å². The standard InChI is InChI=1S/C21H25F3N6O3S/c1-9-6-13-15(11(3)26-9)28-18(34-13)14-10(2)27-19(25-8-21(22,23)24)29-17(14)30-20(33)5-4-12(7-31)16(20)32/h6,12,16,31-33H,4-5,7-8H2,1-3H3,(H2,25,27,29,30). The molecule has 4 rings (SSSR count). The molecule has 0 aromatic carbocycles. The molecule has 5 N–H and O–H groups in total. The van der Waals surface area contributed by atoms with Crippen LogP contribution in [-0.2, 0) is 0 Å². The predicted molar refractivity (Wildman–Crippen MR) is 122 cm³/mol. The van der Waals surface area contributed by atoms with Crippen molar-refractivity contribution in [3.63, 3.8) is 0 Å². The second-order valence-electron chi connectivity index (χ2n) is 8.52. The van der Waals surface area contributed by atoms with Crippen LogP contribution in [0.25, 0.3) is 20.8 Å². The van der Waals surface area contributed by atoms with Crippen LogP contribution in [0.2, 0.25) is 0 Å². The second-order valence-corrected chi connectivity index (χ2v) is 9.55. The minimum Gasteiger partial charge on any atom is -0.396 e. The first-order valence-corrected chi connectivity index (χ1v) is 11.5. The summed E-state index contributed by atoms with van der Waals surface area (Å²) in [5, 5.41) is 36.6. The van der Waals surface area contributed by atoms with E-state index in [9.17, 15) is 28.5 Å². The molecule has 1 saturated carbocycles. The number of aromatic nitrogens is 4. The number of halogens is 3. The molecule has 0 saturated heterocycles. The molecule has 184 valence electrons. The third kappa shape index (κ3) is 4.78. The summed E-state index contributed by atoms with van der Waals surface area (Å²) in [6.07, 6.45) is -5.33. The van der Waals surface area contributed by atoms with Gasteiger partial charge in [-0.1, -0.05) is 0 Å². The predicted octanol–water partition coefficient (Wildman–Crippen LogP) is 2.91. The number of aliphatic hydroxyl groups is 3. The Balaban J connectivity index is 1.81. The van der Waals surface area contributed by atoms with E-state index in [4.69, 9.17) is 0 Å². The van der Waals surface area contributed by atoms with E-state index < -0.39 is 30.5 Å². The molecule has 1 aliphatic carbocycles. The third-order valence-electron chi connectivity index (χ3n) is 5.83. The quantitative estimate of drug-likeness (QED) is 0.325. The fraction of sp³-hybridized carbons (Fsp3) is 0.524. The van der Waals surface area contributed by atoms with Gasteiger partial charge in [0.05, 0.1) is 21.7 Å². The number of aryl methyl sites for hydroxylation is 3. The van der Waals surface area contributed by atoms with E-state index in [0.717, 1.165) is 16.1 Å². The normalized spacial score (nSPS) is 23.0. The maximum atomic E-state index is 12.8. The molecule has 0 spiro atoms. The Labute approximate surface area is 197 Å². The van der Waals surface area contributed by atoms with Crippen LogP contribution in [0.15, 0.2) is 6.07 Å². The number of pyridine rings is 1. The summed E-state index contributed by atoms with van der Waals surface area (Å²) in [7, 11) is 0. The molecule has 9 nitrogen and oxygen atoms in total. The highest BCUT2D eigenvalue weighted by Gasteiger charge is 2.47. The zero-order valence-corrected chi connectivity index (χ0v) is 19.5. The Morgan fingerprint density at radius 3 is 2.53 bits per heavy atom. The Kier molecular flexibility index (Phi) is 6.40. The van der Waals surface area contributed by atoms with Gasteiger partial charge in [0.15, 0.2) is 5.72 Å². The van der Waals surface area contributed by atoms with E-state index >= 15 is 0 Å². The van der Waals surface area contributed by atoms with Crippen LogP contribution in [-0.4, -0.2) is 66.4 Å². The van der Waals surface area contributed by atoms with Gasteiger partial charge in [0.2, 0.25) is 5.95 Å². The zero-order chi connectivity index (χ0) is 24.8. The van der Waals surface area contributed by atoms with Crippen LogP contribution >= 0.6 is 11.3 Å². The van der Waals surface area contributed by atoms with Crippen molar-refractivity contribution in [2.45, 2.75) is 51.6 Å². The number of aliphatic hydroxyl groups excluding tert-OH is 2. The van der Waals surface area contributed by atoms with Gasteiger partial charge in [0.1, 0.15) is 29.0 Å².